The van der Waals surface area contributed by atoms with Gasteiger partial charge >= 0.3 is 5.69 Å². The van der Waals surface area contributed by atoms with Crippen molar-refractivity contribution in [1.29, 1.82) is 0 Å². The minimum Gasteiger partial charge on any atom is -0.310 e. The number of rotatable bonds is 4. The highest BCUT2D eigenvalue weighted by Gasteiger charge is 2.06. The van der Waals surface area contributed by atoms with Crippen molar-refractivity contribution in [2.45, 2.75) is 26.3 Å². The summed E-state index contributed by atoms with van der Waals surface area (Å²) in [7, 11) is 0. The maximum absolute atomic E-state index is 11.1. The van der Waals surface area contributed by atoms with E-state index in [0.717, 1.165) is 24.0 Å². The SMILES string of the molecule is CCCNC(C)c1ccc2[nH]c(=O)[nH]c2c1. The summed E-state index contributed by atoms with van der Waals surface area (Å²) in [4.78, 5) is 16.6. The van der Waals surface area contributed by atoms with Gasteiger partial charge in [0.05, 0.1) is 11.0 Å². The van der Waals surface area contributed by atoms with Gasteiger partial charge in [0.1, 0.15) is 0 Å². The lowest BCUT2D eigenvalue weighted by molar-refractivity contribution is 0.571. The van der Waals surface area contributed by atoms with Gasteiger partial charge in [-0.25, -0.2) is 4.79 Å². The first kappa shape index (κ1) is 11.0. The van der Waals surface area contributed by atoms with E-state index in [2.05, 4.69) is 29.1 Å². The van der Waals surface area contributed by atoms with Crippen LogP contribution in [-0.2, 0) is 0 Å². The first-order valence-corrected chi connectivity index (χ1v) is 5.66. The summed E-state index contributed by atoms with van der Waals surface area (Å²) in [5.74, 6) is 0. The molecule has 0 aliphatic carbocycles. The molecule has 2 rings (SSSR count). The molecule has 0 amide bonds. The molecule has 1 unspecified atom stereocenters. The lowest BCUT2D eigenvalue weighted by Gasteiger charge is -2.13. The van der Waals surface area contributed by atoms with E-state index in [1.807, 2.05) is 18.2 Å². The van der Waals surface area contributed by atoms with Crippen molar-refractivity contribution in [3.8, 4) is 0 Å². The molecule has 3 N–H and O–H groups in total. The van der Waals surface area contributed by atoms with E-state index in [1.165, 1.54) is 5.56 Å². The van der Waals surface area contributed by atoms with E-state index in [-0.39, 0.29) is 5.69 Å². The Morgan fingerprint density at radius 3 is 2.81 bits per heavy atom. The molecule has 2 aromatic rings. The van der Waals surface area contributed by atoms with Crippen molar-refractivity contribution in [2.75, 3.05) is 6.54 Å². The highest BCUT2D eigenvalue weighted by molar-refractivity contribution is 5.75. The Bertz CT molecular complexity index is 526. The van der Waals surface area contributed by atoms with Gasteiger partial charge in [-0.3, -0.25) is 0 Å². The minimum atomic E-state index is -0.152. The molecule has 0 saturated heterocycles. The third kappa shape index (κ3) is 2.17. The Labute approximate surface area is 94.1 Å². The number of H-pyrrole nitrogens is 2. The van der Waals surface area contributed by atoms with Crippen LogP contribution in [-0.4, -0.2) is 16.5 Å². The molecule has 0 saturated carbocycles. The second kappa shape index (κ2) is 4.53. The van der Waals surface area contributed by atoms with Crippen LogP contribution in [0.3, 0.4) is 0 Å². The van der Waals surface area contributed by atoms with Crippen molar-refractivity contribution in [3.63, 3.8) is 0 Å². The highest BCUT2D eigenvalue weighted by atomic mass is 16.1. The number of imidazole rings is 1. The summed E-state index contributed by atoms with van der Waals surface area (Å²) in [6, 6.07) is 6.30. The van der Waals surface area contributed by atoms with Crippen molar-refractivity contribution in [2.24, 2.45) is 0 Å². The van der Waals surface area contributed by atoms with Crippen LogP contribution >= 0.6 is 0 Å². The number of benzene rings is 1. The number of hydrogen-bond donors (Lipinski definition) is 3. The van der Waals surface area contributed by atoms with E-state index in [9.17, 15) is 4.79 Å². The number of fused-ring (bicyclic) bond motifs is 1. The molecule has 0 aliphatic rings. The average molecular weight is 219 g/mol. The van der Waals surface area contributed by atoms with E-state index in [0.29, 0.717) is 6.04 Å². The number of aromatic nitrogens is 2. The smallest absolute Gasteiger partial charge is 0.310 e. The Balaban J connectivity index is 2.27. The molecule has 1 atom stereocenters. The van der Waals surface area contributed by atoms with E-state index >= 15 is 0 Å². The summed E-state index contributed by atoms with van der Waals surface area (Å²) in [6.07, 6.45) is 1.12. The maximum Gasteiger partial charge on any atom is 0.323 e. The highest BCUT2D eigenvalue weighted by Crippen LogP contribution is 2.16. The van der Waals surface area contributed by atoms with Crippen LogP contribution in [0.1, 0.15) is 31.9 Å². The molecule has 1 aromatic carbocycles. The third-order valence-corrected chi connectivity index (χ3v) is 2.74. The van der Waals surface area contributed by atoms with Crippen LogP contribution in [0, 0.1) is 0 Å². The van der Waals surface area contributed by atoms with E-state index in [1.54, 1.807) is 0 Å². The fraction of sp³-hybridized carbons (Fsp3) is 0.417. The van der Waals surface area contributed by atoms with Crippen LogP contribution in [0.4, 0.5) is 0 Å². The van der Waals surface area contributed by atoms with Crippen LogP contribution in [0.2, 0.25) is 0 Å². The zero-order valence-corrected chi connectivity index (χ0v) is 9.63. The Hall–Kier alpha value is -1.55. The minimum absolute atomic E-state index is 0.152. The number of nitrogens with one attached hydrogen (secondary N) is 3. The first-order valence-electron chi connectivity index (χ1n) is 5.66. The summed E-state index contributed by atoms with van der Waals surface area (Å²) in [5, 5.41) is 3.42. The average Bonchev–Trinajstić information content (AvgIpc) is 2.64. The Morgan fingerprint density at radius 2 is 2.06 bits per heavy atom. The van der Waals surface area contributed by atoms with Gasteiger partial charge in [-0.2, -0.15) is 0 Å². The molecule has 0 aliphatic heterocycles. The van der Waals surface area contributed by atoms with Gasteiger partial charge in [0.25, 0.3) is 0 Å². The third-order valence-electron chi connectivity index (χ3n) is 2.74. The van der Waals surface area contributed by atoms with Gasteiger partial charge < -0.3 is 15.3 Å². The van der Waals surface area contributed by atoms with Crippen molar-refractivity contribution in [3.05, 3.63) is 34.2 Å². The van der Waals surface area contributed by atoms with Crippen LogP contribution < -0.4 is 11.0 Å². The molecule has 86 valence electrons. The summed E-state index contributed by atoms with van der Waals surface area (Å²) >= 11 is 0. The second-order valence-electron chi connectivity index (χ2n) is 4.06. The predicted octanol–water partition coefficient (Wildman–Crippen LogP) is 1.92. The van der Waals surface area contributed by atoms with Gasteiger partial charge in [0, 0.05) is 6.04 Å². The van der Waals surface area contributed by atoms with Gasteiger partial charge in [0.2, 0.25) is 0 Å². The normalized spacial score (nSPS) is 13.1. The molecule has 1 aromatic heterocycles. The molecule has 0 fully saturated rings. The monoisotopic (exact) mass is 219 g/mol. The van der Waals surface area contributed by atoms with Gasteiger partial charge in [-0.1, -0.05) is 13.0 Å². The molecule has 0 radical (unpaired) electrons. The molecule has 0 bridgehead atoms. The van der Waals surface area contributed by atoms with Crippen molar-refractivity contribution < 1.29 is 0 Å². The lowest BCUT2D eigenvalue weighted by Crippen LogP contribution is -2.19. The molecular formula is C12H17N3O. The van der Waals surface area contributed by atoms with Gasteiger partial charge in [0.15, 0.2) is 0 Å². The zero-order valence-electron chi connectivity index (χ0n) is 9.63. The summed E-state index contributed by atoms with van der Waals surface area (Å²) in [5.41, 5.74) is 2.77. The first-order chi connectivity index (χ1) is 7.70. The number of aromatic amines is 2. The molecule has 16 heavy (non-hydrogen) atoms. The van der Waals surface area contributed by atoms with E-state index in [4.69, 9.17) is 0 Å². The van der Waals surface area contributed by atoms with Crippen LogP contribution in [0.5, 0.6) is 0 Å². The van der Waals surface area contributed by atoms with Gasteiger partial charge in [-0.05, 0) is 37.6 Å². The summed E-state index contributed by atoms with van der Waals surface area (Å²) < 4.78 is 0. The largest absolute Gasteiger partial charge is 0.323 e. The van der Waals surface area contributed by atoms with E-state index < -0.39 is 0 Å². The fourth-order valence-corrected chi connectivity index (χ4v) is 1.80. The molecule has 0 spiro atoms. The quantitative estimate of drug-likeness (QED) is 0.735. The summed E-state index contributed by atoms with van der Waals surface area (Å²) in [6.45, 7) is 5.27. The van der Waals surface area contributed by atoms with Crippen LogP contribution in [0.25, 0.3) is 11.0 Å². The maximum atomic E-state index is 11.1. The Kier molecular flexibility index (Phi) is 3.10. The molecule has 1 heterocycles. The molecule has 4 heteroatoms. The van der Waals surface area contributed by atoms with Crippen molar-refractivity contribution >= 4 is 11.0 Å². The standard InChI is InChI=1S/C12H17N3O/c1-3-6-13-8(2)9-4-5-10-11(7-9)15-12(16)14-10/h4-5,7-8,13H,3,6H2,1-2H3,(H2,14,15,16). The van der Waals surface area contributed by atoms with Gasteiger partial charge in [-0.15, -0.1) is 0 Å². The Morgan fingerprint density at radius 1 is 1.31 bits per heavy atom. The topological polar surface area (TPSA) is 60.7 Å². The zero-order chi connectivity index (χ0) is 11.5. The lowest BCUT2D eigenvalue weighted by atomic mass is 10.1. The molecular weight excluding hydrogens is 202 g/mol. The predicted molar refractivity (Wildman–Crippen MR) is 65.6 cm³/mol. The molecule has 4 nitrogen and oxygen atoms in total. The fourth-order valence-electron chi connectivity index (χ4n) is 1.80. The van der Waals surface area contributed by atoms with Crippen molar-refractivity contribution in [1.82, 2.24) is 15.3 Å². The van der Waals surface area contributed by atoms with Crippen LogP contribution in [0.15, 0.2) is 23.0 Å². The number of hydrogen-bond acceptors (Lipinski definition) is 2. The second-order valence-corrected chi connectivity index (χ2v) is 4.06.